The zero-order chi connectivity index (χ0) is 25.4. The van der Waals surface area contributed by atoms with Crippen LogP contribution in [0.1, 0.15) is 62.7 Å². The van der Waals surface area contributed by atoms with E-state index in [1.807, 2.05) is 57.3 Å². The Balaban J connectivity index is 1.29. The van der Waals surface area contributed by atoms with Crippen LogP contribution in [0.3, 0.4) is 0 Å². The van der Waals surface area contributed by atoms with Gasteiger partial charge < -0.3 is 15.3 Å². The van der Waals surface area contributed by atoms with Gasteiger partial charge in [-0.15, -0.1) is 16.4 Å². The number of aliphatic hydroxyl groups is 1. The fourth-order valence-electron chi connectivity index (χ4n) is 4.73. The van der Waals surface area contributed by atoms with E-state index in [0.717, 1.165) is 34.0 Å². The summed E-state index contributed by atoms with van der Waals surface area (Å²) in [5.74, 6) is -0.0942. The van der Waals surface area contributed by atoms with Gasteiger partial charge in [0.2, 0.25) is 11.8 Å². The molecule has 1 aliphatic carbocycles. The summed E-state index contributed by atoms with van der Waals surface area (Å²) < 4.78 is 1.64. The van der Waals surface area contributed by atoms with E-state index < -0.39 is 23.6 Å². The lowest BCUT2D eigenvalue weighted by Gasteiger charge is -2.34. The van der Waals surface area contributed by atoms with Crippen molar-refractivity contribution < 1.29 is 14.7 Å². The Morgan fingerprint density at radius 3 is 2.67 bits per heavy atom. The normalized spacial score (nSPS) is 20.9. The summed E-state index contributed by atoms with van der Waals surface area (Å²) in [6.45, 7) is 6.30. The highest BCUT2D eigenvalue weighted by atomic mass is 32.1. The Bertz CT molecular complexity index is 1230. The summed E-state index contributed by atoms with van der Waals surface area (Å²) in [4.78, 5) is 34.0. The minimum atomic E-state index is -0.757. The second kappa shape index (κ2) is 9.74. The average Bonchev–Trinajstić information content (AvgIpc) is 3.22. The van der Waals surface area contributed by atoms with Crippen LogP contribution < -0.4 is 5.32 Å². The topological polar surface area (TPSA) is 113 Å². The van der Waals surface area contributed by atoms with E-state index in [1.54, 1.807) is 10.9 Å². The molecule has 2 fully saturated rings. The van der Waals surface area contributed by atoms with Crippen molar-refractivity contribution in [1.82, 2.24) is 30.2 Å². The van der Waals surface area contributed by atoms with Crippen LogP contribution in [-0.2, 0) is 16.1 Å². The molecule has 3 unspecified atom stereocenters. The van der Waals surface area contributed by atoms with Gasteiger partial charge in [-0.2, -0.15) is 0 Å². The zero-order valence-electron chi connectivity index (χ0n) is 20.8. The highest BCUT2D eigenvalue weighted by Crippen LogP contribution is 2.40. The Morgan fingerprint density at radius 2 is 1.97 bits per heavy atom. The van der Waals surface area contributed by atoms with Crippen LogP contribution in [0.2, 0.25) is 0 Å². The molecule has 2 aromatic heterocycles. The van der Waals surface area contributed by atoms with Gasteiger partial charge >= 0.3 is 0 Å². The van der Waals surface area contributed by atoms with Gasteiger partial charge in [0.1, 0.15) is 17.1 Å². The third-order valence-corrected chi connectivity index (χ3v) is 7.78. The molecule has 2 N–H and O–H groups in total. The molecule has 3 aromatic rings. The van der Waals surface area contributed by atoms with E-state index in [2.05, 4.69) is 20.6 Å². The van der Waals surface area contributed by atoms with Crippen molar-refractivity contribution >= 4 is 23.2 Å². The van der Waals surface area contributed by atoms with Crippen molar-refractivity contribution in [1.29, 1.82) is 0 Å². The van der Waals surface area contributed by atoms with E-state index in [-0.39, 0.29) is 31.3 Å². The molecule has 190 valence electrons. The van der Waals surface area contributed by atoms with Gasteiger partial charge in [0, 0.05) is 31.3 Å². The fraction of sp³-hybridized carbons (Fsp3) is 0.500. The van der Waals surface area contributed by atoms with Crippen LogP contribution >= 0.6 is 11.3 Å². The number of amides is 2. The van der Waals surface area contributed by atoms with Gasteiger partial charge in [0.25, 0.3) is 0 Å². The maximum atomic E-state index is 13.8. The summed E-state index contributed by atoms with van der Waals surface area (Å²) in [5, 5.41) is 22.7. The lowest BCUT2D eigenvalue weighted by atomic mass is 9.85. The minimum Gasteiger partial charge on any atom is -0.391 e. The third kappa shape index (κ3) is 5.19. The van der Waals surface area contributed by atoms with Gasteiger partial charge in [-0.3, -0.25) is 9.59 Å². The summed E-state index contributed by atoms with van der Waals surface area (Å²) in [7, 11) is 0. The first-order valence-corrected chi connectivity index (χ1v) is 13.2. The van der Waals surface area contributed by atoms with Crippen LogP contribution in [-0.4, -0.2) is 60.5 Å². The molecule has 10 heteroatoms. The van der Waals surface area contributed by atoms with E-state index in [4.69, 9.17) is 0 Å². The number of rotatable bonds is 7. The first-order valence-electron chi connectivity index (χ1n) is 12.4. The average molecular weight is 509 g/mol. The Hall–Kier alpha value is -3.11. The SMILES string of the molecule is CC(C)(C)C(C(=O)N1CC(O)CC1C(=O)NCc1ncc(-c2ccccc2)s1)n1cc(C2CC2)nn1. The summed E-state index contributed by atoms with van der Waals surface area (Å²) in [5.41, 5.74) is 1.52. The van der Waals surface area contributed by atoms with Crippen molar-refractivity contribution in [2.24, 2.45) is 5.41 Å². The predicted molar refractivity (Wildman–Crippen MR) is 136 cm³/mol. The quantitative estimate of drug-likeness (QED) is 0.507. The Labute approximate surface area is 214 Å². The number of benzene rings is 1. The second-order valence-corrected chi connectivity index (χ2v) is 11.9. The van der Waals surface area contributed by atoms with Gasteiger partial charge in [-0.05, 0) is 23.8 Å². The number of likely N-dealkylation sites (tertiary alicyclic amines) is 1. The Morgan fingerprint density at radius 1 is 1.22 bits per heavy atom. The first kappa shape index (κ1) is 24.6. The summed E-state index contributed by atoms with van der Waals surface area (Å²) >= 11 is 1.52. The third-order valence-electron chi connectivity index (χ3n) is 6.73. The highest BCUT2D eigenvalue weighted by Gasteiger charge is 2.45. The number of aromatic nitrogens is 4. The number of nitrogens with one attached hydrogen (secondary N) is 1. The molecular formula is C26H32N6O3S. The van der Waals surface area contributed by atoms with Gasteiger partial charge in [-0.25, -0.2) is 9.67 Å². The lowest BCUT2D eigenvalue weighted by molar-refractivity contribution is -0.144. The van der Waals surface area contributed by atoms with Crippen LogP contribution in [0.5, 0.6) is 0 Å². The minimum absolute atomic E-state index is 0.114. The van der Waals surface area contributed by atoms with Crippen LogP contribution in [0.25, 0.3) is 10.4 Å². The molecular weight excluding hydrogens is 476 g/mol. The number of nitrogens with zero attached hydrogens (tertiary/aromatic N) is 5. The molecule has 36 heavy (non-hydrogen) atoms. The van der Waals surface area contributed by atoms with Crippen molar-refractivity contribution in [3.63, 3.8) is 0 Å². The monoisotopic (exact) mass is 508 g/mol. The summed E-state index contributed by atoms with van der Waals surface area (Å²) in [6.07, 6.45) is 5.30. The smallest absolute Gasteiger partial charge is 0.248 e. The largest absolute Gasteiger partial charge is 0.391 e. The molecule has 0 spiro atoms. The molecule has 5 rings (SSSR count). The van der Waals surface area contributed by atoms with Gasteiger partial charge in [0.05, 0.1) is 23.2 Å². The molecule has 1 aromatic carbocycles. The van der Waals surface area contributed by atoms with Crippen molar-refractivity contribution in [3.8, 4) is 10.4 Å². The molecule has 9 nitrogen and oxygen atoms in total. The number of hydrogen-bond donors (Lipinski definition) is 2. The van der Waals surface area contributed by atoms with E-state index in [9.17, 15) is 14.7 Å². The van der Waals surface area contributed by atoms with Gasteiger partial charge in [-0.1, -0.05) is 56.3 Å². The molecule has 1 aliphatic heterocycles. The maximum absolute atomic E-state index is 13.8. The number of aliphatic hydroxyl groups excluding tert-OH is 1. The predicted octanol–water partition coefficient (Wildman–Crippen LogP) is 3.14. The second-order valence-electron chi connectivity index (χ2n) is 10.8. The Kier molecular flexibility index (Phi) is 6.65. The van der Waals surface area contributed by atoms with E-state index in [1.165, 1.54) is 16.2 Å². The molecule has 0 bridgehead atoms. The van der Waals surface area contributed by atoms with Crippen LogP contribution in [0.15, 0.2) is 42.7 Å². The molecule has 1 saturated heterocycles. The number of thiazole rings is 1. The molecule has 2 aliphatic rings. The molecule has 1 saturated carbocycles. The number of hydrogen-bond acceptors (Lipinski definition) is 7. The number of β-amino-alcohol motifs (C(OH)–C–C–N with tert-alkyl or cyclic N) is 1. The van der Waals surface area contributed by atoms with Crippen LogP contribution in [0.4, 0.5) is 0 Å². The number of carbonyl (C=O) groups is 2. The van der Waals surface area contributed by atoms with E-state index in [0.29, 0.717) is 5.92 Å². The highest BCUT2D eigenvalue weighted by molar-refractivity contribution is 7.15. The van der Waals surface area contributed by atoms with Crippen molar-refractivity contribution in [2.45, 2.75) is 70.7 Å². The van der Waals surface area contributed by atoms with Crippen molar-refractivity contribution in [3.05, 3.63) is 53.4 Å². The maximum Gasteiger partial charge on any atom is 0.248 e. The van der Waals surface area contributed by atoms with Crippen molar-refractivity contribution in [2.75, 3.05) is 6.54 Å². The van der Waals surface area contributed by atoms with Crippen LogP contribution in [0, 0.1) is 5.41 Å². The first-order chi connectivity index (χ1) is 17.2. The zero-order valence-corrected chi connectivity index (χ0v) is 21.6. The fourth-order valence-corrected chi connectivity index (χ4v) is 5.60. The molecule has 3 heterocycles. The standard InChI is InChI=1S/C26H32N6O3S/c1-26(2,3)23(32-15-19(29-30-32)16-9-10-16)25(35)31-14-18(33)11-20(31)24(34)28-13-22-27-12-21(36-22)17-7-5-4-6-8-17/h4-8,12,15-16,18,20,23,33H,9-11,13-14H2,1-3H3,(H,28,34). The molecule has 3 atom stereocenters. The number of carbonyl (C=O) groups excluding carboxylic acids is 2. The van der Waals surface area contributed by atoms with Gasteiger partial charge in [0.15, 0.2) is 0 Å². The lowest BCUT2D eigenvalue weighted by Crippen LogP contribution is -2.50. The summed E-state index contributed by atoms with van der Waals surface area (Å²) in [6, 6.07) is 8.58. The molecule has 0 radical (unpaired) electrons. The molecule has 2 amide bonds. The van der Waals surface area contributed by atoms with E-state index >= 15 is 0 Å².